The molecule has 0 bridgehead atoms. The number of aliphatic hydroxyl groups excluding tert-OH is 1. The number of carbonyl (C=O) groups excluding carboxylic acids is 3. The number of carbonyl (C=O) groups is 3. The van der Waals surface area contributed by atoms with Gasteiger partial charge in [0.1, 0.15) is 11.2 Å². The molecule has 224 valence electrons. The van der Waals surface area contributed by atoms with Crippen molar-refractivity contribution >= 4 is 30.1 Å². The first-order valence-electron chi connectivity index (χ1n) is 13.4. The monoisotopic (exact) mass is 573 g/mol. The second kappa shape index (κ2) is 13.1. The van der Waals surface area contributed by atoms with E-state index < -0.39 is 29.4 Å². The molecule has 0 aromatic carbocycles. The molecule has 0 spiro atoms. The smallest absolute Gasteiger partial charge is 0.420 e. The van der Waals surface area contributed by atoms with E-state index >= 15 is 0 Å². The second-order valence-electron chi connectivity index (χ2n) is 11.4. The first kappa shape index (κ1) is 31.5. The number of aromatic nitrogens is 4. The molecule has 2 aromatic rings. The number of imide groups is 1. The third-order valence-corrected chi connectivity index (χ3v) is 5.64. The fourth-order valence-electron chi connectivity index (χ4n) is 3.86. The van der Waals surface area contributed by atoms with Crippen LogP contribution in [0, 0.1) is 0 Å². The molecular formula is C27H39N7O7. The van der Waals surface area contributed by atoms with Crippen LogP contribution in [0.1, 0.15) is 64.4 Å². The summed E-state index contributed by atoms with van der Waals surface area (Å²) in [5.41, 5.74) is -0.869. The van der Waals surface area contributed by atoms with E-state index in [0.717, 1.165) is 4.90 Å². The lowest BCUT2D eigenvalue weighted by molar-refractivity contribution is -0.000316. The minimum absolute atomic E-state index is 0.143. The number of amides is 2. The van der Waals surface area contributed by atoms with E-state index in [1.807, 2.05) is 9.80 Å². The number of ether oxygens (including phenoxy) is 3. The van der Waals surface area contributed by atoms with Crippen molar-refractivity contribution in [1.82, 2.24) is 24.8 Å². The van der Waals surface area contributed by atoms with E-state index in [-0.39, 0.29) is 31.4 Å². The normalized spacial score (nSPS) is 15.8. The van der Waals surface area contributed by atoms with Gasteiger partial charge in [0.15, 0.2) is 0 Å². The molecule has 14 nitrogen and oxygen atoms in total. The van der Waals surface area contributed by atoms with Gasteiger partial charge < -0.3 is 29.1 Å². The van der Waals surface area contributed by atoms with Gasteiger partial charge in [0.25, 0.3) is 0 Å². The van der Waals surface area contributed by atoms with Gasteiger partial charge in [-0.05, 0) is 48.5 Å². The van der Waals surface area contributed by atoms with E-state index in [0.29, 0.717) is 37.1 Å². The van der Waals surface area contributed by atoms with Crippen molar-refractivity contribution in [2.24, 2.45) is 0 Å². The Kier molecular flexibility index (Phi) is 10.0. The van der Waals surface area contributed by atoms with Crippen molar-refractivity contribution in [1.29, 1.82) is 0 Å². The number of nitrogens with zero attached hydrogens (tertiary/aromatic N) is 7. The van der Waals surface area contributed by atoms with Crippen LogP contribution in [-0.4, -0.2) is 98.2 Å². The summed E-state index contributed by atoms with van der Waals surface area (Å²) in [4.78, 5) is 59.6. The van der Waals surface area contributed by atoms with E-state index in [1.165, 1.54) is 24.8 Å². The van der Waals surface area contributed by atoms with E-state index in [9.17, 15) is 19.5 Å². The molecule has 1 fully saturated rings. The Hall–Kier alpha value is -4.07. The molecule has 0 aliphatic carbocycles. The van der Waals surface area contributed by atoms with Crippen LogP contribution in [-0.2, 0) is 20.8 Å². The first-order valence-corrected chi connectivity index (χ1v) is 13.4. The minimum Gasteiger partial charge on any atom is -0.462 e. The van der Waals surface area contributed by atoms with Gasteiger partial charge in [-0.25, -0.2) is 39.2 Å². The average molecular weight is 574 g/mol. The third-order valence-electron chi connectivity index (χ3n) is 5.64. The van der Waals surface area contributed by atoms with Gasteiger partial charge in [-0.2, -0.15) is 0 Å². The van der Waals surface area contributed by atoms with Crippen molar-refractivity contribution in [3.8, 4) is 0 Å². The zero-order valence-electron chi connectivity index (χ0n) is 24.7. The molecule has 1 N–H and O–H groups in total. The van der Waals surface area contributed by atoms with Crippen LogP contribution in [0.5, 0.6) is 0 Å². The Morgan fingerprint density at radius 1 is 0.902 bits per heavy atom. The predicted octanol–water partition coefficient (Wildman–Crippen LogP) is 2.80. The standard InChI is InChI=1S/C27H39N7O7/c1-8-39-21(36)19-13-30-23(31-14-19)33-10-9-32(16-20(33)17-35)22-28-11-18(12-29-22)15-34(24(37)40-26(2,3)4)25(38)41-27(5,6)7/h11-14,20,35H,8-10,15-17H2,1-7H3/t20-/m1/s1. The molecule has 0 saturated carbocycles. The van der Waals surface area contributed by atoms with Crippen LogP contribution in [0.4, 0.5) is 21.5 Å². The van der Waals surface area contributed by atoms with Crippen LogP contribution in [0.2, 0.25) is 0 Å². The van der Waals surface area contributed by atoms with Gasteiger partial charge >= 0.3 is 18.2 Å². The Morgan fingerprint density at radius 2 is 1.44 bits per heavy atom. The molecule has 1 aliphatic rings. The highest BCUT2D eigenvalue weighted by molar-refractivity contribution is 5.89. The predicted molar refractivity (Wildman–Crippen MR) is 148 cm³/mol. The van der Waals surface area contributed by atoms with Crippen LogP contribution in [0.15, 0.2) is 24.8 Å². The molecule has 1 atom stereocenters. The van der Waals surface area contributed by atoms with Crippen LogP contribution < -0.4 is 9.80 Å². The number of hydrogen-bond donors (Lipinski definition) is 1. The van der Waals surface area contributed by atoms with E-state index in [4.69, 9.17) is 14.2 Å². The second-order valence-corrected chi connectivity index (χ2v) is 11.4. The van der Waals surface area contributed by atoms with Crippen molar-refractivity contribution in [3.63, 3.8) is 0 Å². The first-order chi connectivity index (χ1) is 19.2. The molecule has 0 radical (unpaired) electrons. The van der Waals surface area contributed by atoms with Crippen molar-refractivity contribution in [2.75, 3.05) is 42.6 Å². The lowest BCUT2D eigenvalue weighted by Gasteiger charge is -2.40. The van der Waals surface area contributed by atoms with Gasteiger partial charge in [-0.15, -0.1) is 0 Å². The van der Waals surface area contributed by atoms with E-state index in [1.54, 1.807) is 48.5 Å². The highest BCUT2D eigenvalue weighted by atomic mass is 16.6. The molecule has 0 unspecified atom stereocenters. The highest BCUT2D eigenvalue weighted by Crippen LogP contribution is 2.21. The maximum absolute atomic E-state index is 12.8. The molecule has 1 aliphatic heterocycles. The van der Waals surface area contributed by atoms with Crippen molar-refractivity contribution < 1.29 is 33.7 Å². The van der Waals surface area contributed by atoms with Crippen LogP contribution in [0.3, 0.4) is 0 Å². The third kappa shape index (κ3) is 8.96. The number of hydrogen-bond acceptors (Lipinski definition) is 13. The average Bonchev–Trinajstić information content (AvgIpc) is 2.90. The summed E-state index contributed by atoms with van der Waals surface area (Å²) < 4.78 is 15.8. The molecule has 3 rings (SSSR count). The van der Waals surface area contributed by atoms with Gasteiger partial charge in [0.2, 0.25) is 11.9 Å². The number of rotatable bonds is 7. The maximum Gasteiger partial charge on any atom is 0.420 e. The quantitative estimate of drug-likeness (QED) is 0.381. The summed E-state index contributed by atoms with van der Waals surface area (Å²) >= 11 is 0. The Balaban J connectivity index is 1.69. The molecular weight excluding hydrogens is 534 g/mol. The number of anilines is 2. The summed E-state index contributed by atoms with van der Waals surface area (Å²) in [5.74, 6) is 0.312. The van der Waals surface area contributed by atoms with Gasteiger partial charge in [-0.3, -0.25) is 0 Å². The van der Waals surface area contributed by atoms with Gasteiger partial charge in [-0.1, -0.05) is 0 Å². The van der Waals surface area contributed by atoms with E-state index in [2.05, 4.69) is 19.9 Å². The zero-order valence-corrected chi connectivity index (χ0v) is 24.7. The molecule has 1 saturated heterocycles. The fourth-order valence-corrected chi connectivity index (χ4v) is 3.86. The Bertz CT molecular complexity index is 1170. The molecule has 2 aromatic heterocycles. The van der Waals surface area contributed by atoms with Gasteiger partial charge in [0.05, 0.1) is 31.4 Å². The lowest BCUT2D eigenvalue weighted by Crippen LogP contribution is -2.56. The fraction of sp³-hybridized carbons (Fsp3) is 0.593. The van der Waals surface area contributed by atoms with Gasteiger partial charge in [0, 0.05) is 50.0 Å². The van der Waals surface area contributed by atoms with Crippen LogP contribution in [0.25, 0.3) is 0 Å². The highest BCUT2D eigenvalue weighted by Gasteiger charge is 2.32. The molecule has 3 heterocycles. The zero-order chi connectivity index (χ0) is 30.4. The number of piperazine rings is 1. The van der Waals surface area contributed by atoms with Crippen molar-refractivity contribution in [2.45, 2.75) is 72.3 Å². The summed E-state index contributed by atoms with van der Waals surface area (Å²) in [6, 6.07) is -0.352. The summed E-state index contributed by atoms with van der Waals surface area (Å²) in [6.07, 6.45) is 4.19. The summed E-state index contributed by atoms with van der Waals surface area (Å²) in [6.45, 7) is 13.3. The largest absolute Gasteiger partial charge is 0.462 e. The number of esters is 1. The Labute approximate surface area is 239 Å². The molecule has 41 heavy (non-hydrogen) atoms. The SMILES string of the molecule is CCOC(=O)c1cnc(N2CCN(c3ncc(CN(C(=O)OC(C)(C)C)C(=O)OC(C)(C)C)cn3)C[C@@H]2CO)nc1. The maximum atomic E-state index is 12.8. The topological polar surface area (TPSA) is 160 Å². The molecule has 2 amide bonds. The lowest BCUT2D eigenvalue weighted by atomic mass is 10.2. The summed E-state index contributed by atoms with van der Waals surface area (Å²) in [5, 5.41) is 10.1. The van der Waals surface area contributed by atoms with Crippen molar-refractivity contribution in [3.05, 3.63) is 35.9 Å². The Morgan fingerprint density at radius 3 is 1.93 bits per heavy atom. The number of aliphatic hydroxyl groups is 1. The van der Waals surface area contributed by atoms with Crippen LogP contribution >= 0.6 is 0 Å². The molecule has 14 heteroatoms. The minimum atomic E-state index is -0.838. The summed E-state index contributed by atoms with van der Waals surface area (Å²) in [7, 11) is 0.